The Hall–Kier alpha value is -0.780. The van der Waals surface area contributed by atoms with Gasteiger partial charge in [0.15, 0.2) is 0 Å². The molecule has 0 nitrogen and oxygen atoms in total. The first kappa shape index (κ1) is 11.3. The highest BCUT2D eigenvalue weighted by atomic mass is 14.4. The van der Waals surface area contributed by atoms with Crippen molar-refractivity contribution in [3.05, 3.63) is 35.5 Å². The minimum absolute atomic E-state index is 0.188. The van der Waals surface area contributed by atoms with E-state index in [1.807, 2.05) is 0 Å². The molecule has 2 unspecified atom stereocenters. The summed E-state index contributed by atoms with van der Waals surface area (Å²) in [5.41, 5.74) is 4.48. The van der Waals surface area contributed by atoms with E-state index in [0.717, 1.165) is 6.42 Å². The van der Waals surface area contributed by atoms with Crippen LogP contribution in [-0.2, 0) is 0 Å². The fourth-order valence-electron chi connectivity index (χ4n) is 2.63. The van der Waals surface area contributed by atoms with Crippen LogP contribution in [0.25, 0.3) is 0 Å². The summed E-state index contributed by atoms with van der Waals surface area (Å²) < 4.78 is 0. The Morgan fingerprint density at radius 3 is 2.36 bits per heavy atom. The molecule has 1 aliphatic rings. The molecule has 0 fully saturated rings. The molecule has 78 valence electrons. The Bertz CT molecular complexity index is 300. The van der Waals surface area contributed by atoms with Crippen LogP contribution in [0.2, 0.25) is 0 Å². The molecule has 0 spiro atoms. The van der Waals surface area contributed by atoms with Crippen LogP contribution >= 0.6 is 0 Å². The highest BCUT2D eigenvalue weighted by Crippen LogP contribution is 2.46. The summed E-state index contributed by atoms with van der Waals surface area (Å²) in [7, 11) is 0. The monoisotopic (exact) mass is 190 g/mol. The van der Waals surface area contributed by atoms with Crippen LogP contribution in [-0.4, -0.2) is 0 Å². The summed E-state index contributed by atoms with van der Waals surface area (Å²) in [6.45, 7) is 15.3. The molecule has 0 aliphatic heterocycles. The Labute approximate surface area is 88.4 Å². The van der Waals surface area contributed by atoms with E-state index in [1.54, 1.807) is 5.57 Å². The summed E-state index contributed by atoms with van der Waals surface area (Å²) in [5.74, 6) is 0.565. The first-order chi connectivity index (χ1) is 6.39. The molecule has 0 saturated carbocycles. The molecule has 0 amide bonds. The quantitative estimate of drug-likeness (QED) is 0.534. The third-order valence-corrected chi connectivity index (χ3v) is 3.48. The van der Waals surface area contributed by atoms with Gasteiger partial charge in [0.25, 0.3) is 0 Å². The van der Waals surface area contributed by atoms with Crippen molar-refractivity contribution in [2.24, 2.45) is 11.3 Å². The van der Waals surface area contributed by atoms with E-state index in [9.17, 15) is 0 Å². The van der Waals surface area contributed by atoms with Crippen LogP contribution in [0.5, 0.6) is 0 Å². The van der Waals surface area contributed by atoms with E-state index < -0.39 is 0 Å². The van der Waals surface area contributed by atoms with Crippen molar-refractivity contribution in [1.29, 1.82) is 0 Å². The lowest BCUT2D eigenvalue weighted by Gasteiger charge is -2.39. The smallest absolute Gasteiger partial charge is 0.0129 e. The van der Waals surface area contributed by atoms with E-state index in [0.29, 0.717) is 5.92 Å². The highest BCUT2D eigenvalue weighted by Gasteiger charge is 2.34. The number of hydrogen-bond donors (Lipinski definition) is 0. The fraction of sp³-hybridized carbons (Fsp3) is 0.571. The van der Waals surface area contributed by atoms with Gasteiger partial charge >= 0.3 is 0 Å². The largest absolute Gasteiger partial charge is 0.0993 e. The molecule has 1 aliphatic carbocycles. The molecule has 14 heavy (non-hydrogen) atoms. The van der Waals surface area contributed by atoms with Gasteiger partial charge in [0.05, 0.1) is 0 Å². The van der Waals surface area contributed by atoms with Gasteiger partial charge in [-0.2, -0.15) is 0 Å². The van der Waals surface area contributed by atoms with Gasteiger partial charge in [-0.1, -0.05) is 49.3 Å². The van der Waals surface area contributed by atoms with Crippen LogP contribution < -0.4 is 0 Å². The average Bonchev–Trinajstić information content (AvgIpc) is 2.02. The van der Waals surface area contributed by atoms with Crippen LogP contribution in [0.3, 0.4) is 0 Å². The summed E-state index contributed by atoms with van der Waals surface area (Å²) in [6, 6.07) is 0. The second-order valence-corrected chi connectivity index (χ2v) is 4.95. The lowest BCUT2D eigenvalue weighted by atomic mass is 9.65. The van der Waals surface area contributed by atoms with Gasteiger partial charge < -0.3 is 0 Å². The number of hydrogen-bond acceptors (Lipinski definition) is 0. The molecular weight excluding hydrogens is 168 g/mol. The molecule has 0 saturated heterocycles. The van der Waals surface area contributed by atoms with Crippen molar-refractivity contribution < 1.29 is 0 Å². The van der Waals surface area contributed by atoms with Crippen molar-refractivity contribution >= 4 is 0 Å². The molecule has 0 aromatic carbocycles. The normalized spacial score (nSPS) is 31.8. The first-order valence-corrected chi connectivity index (χ1v) is 5.40. The van der Waals surface area contributed by atoms with E-state index >= 15 is 0 Å². The van der Waals surface area contributed by atoms with Crippen LogP contribution in [0.15, 0.2) is 35.5 Å². The molecule has 1 rings (SSSR count). The van der Waals surface area contributed by atoms with Crippen LogP contribution in [0, 0.1) is 11.3 Å². The summed E-state index contributed by atoms with van der Waals surface area (Å²) >= 11 is 0. The van der Waals surface area contributed by atoms with E-state index in [4.69, 9.17) is 0 Å². The standard InChI is InChI=1S/C14H22/c1-10(2)13-12(5)8-7-9-14(13,6)11(3)4/h7-8,12H,3,9H2,1-2,4-6H3. The van der Waals surface area contributed by atoms with Gasteiger partial charge in [0.2, 0.25) is 0 Å². The van der Waals surface area contributed by atoms with Gasteiger partial charge in [-0.25, -0.2) is 0 Å². The first-order valence-electron chi connectivity index (χ1n) is 5.40. The van der Waals surface area contributed by atoms with E-state index in [2.05, 4.69) is 53.3 Å². The zero-order valence-electron chi connectivity index (χ0n) is 10.1. The van der Waals surface area contributed by atoms with E-state index in [-0.39, 0.29) is 5.41 Å². The van der Waals surface area contributed by atoms with Gasteiger partial charge in [0, 0.05) is 5.41 Å². The second-order valence-electron chi connectivity index (χ2n) is 4.95. The lowest BCUT2D eigenvalue weighted by Crippen LogP contribution is -2.27. The topological polar surface area (TPSA) is 0 Å². The molecule has 0 aromatic heterocycles. The van der Waals surface area contributed by atoms with Gasteiger partial charge in [0.1, 0.15) is 0 Å². The minimum atomic E-state index is 0.188. The number of rotatable bonds is 1. The third kappa shape index (κ3) is 1.70. The van der Waals surface area contributed by atoms with Crippen molar-refractivity contribution in [2.75, 3.05) is 0 Å². The summed E-state index contributed by atoms with van der Waals surface area (Å²) in [4.78, 5) is 0. The molecule has 0 N–H and O–H groups in total. The molecule has 0 radical (unpaired) electrons. The lowest BCUT2D eigenvalue weighted by molar-refractivity contribution is 0.428. The molecule has 0 heteroatoms. The summed E-state index contributed by atoms with van der Waals surface area (Å²) in [6.07, 6.45) is 5.71. The zero-order chi connectivity index (χ0) is 10.9. The predicted molar refractivity (Wildman–Crippen MR) is 64.2 cm³/mol. The molecule has 0 heterocycles. The number of allylic oxidation sites excluding steroid dienone is 5. The third-order valence-electron chi connectivity index (χ3n) is 3.48. The van der Waals surface area contributed by atoms with Crippen LogP contribution in [0.1, 0.15) is 41.0 Å². The van der Waals surface area contributed by atoms with Gasteiger partial charge in [-0.05, 0) is 33.1 Å². The average molecular weight is 190 g/mol. The van der Waals surface area contributed by atoms with Crippen LogP contribution in [0.4, 0.5) is 0 Å². The minimum Gasteiger partial charge on any atom is -0.0993 e. The van der Waals surface area contributed by atoms with Gasteiger partial charge in [-0.15, -0.1) is 0 Å². The van der Waals surface area contributed by atoms with Crippen molar-refractivity contribution in [3.63, 3.8) is 0 Å². The second kappa shape index (κ2) is 3.76. The zero-order valence-corrected chi connectivity index (χ0v) is 10.1. The summed E-state index contributed by atoms with van der Waals surface area (Å²) in [5, 5.41) is 0. The highest BCUT2D eigenvalue weighted by molar-refractivity contribution is 5.36. The van der Waals surface area contributed by atoms with Crippen molar-refractivity contribution in [2.45, 2.75) is 41.0 Å². The van der Waals surface area contributed by atoms with Crippen molar-refractivity contribution in [3.8, 4) is 0 Å². The Kier molecular flexibility index (Phi) is 3.04. The Morgan fingerprint density at radius 1 is 1.43 bits per heavy atom. The molecule has 0 aromatic rings. The fourth-order valence-corrected chi connectivity index (χ4v) is 2.63. The SMILES string of the molecule is C=C(C)C1(C)CC=CC(C)C1=C(C)C. The maximum Gasteiger partial charge on any atom is 0.0129 e. The molecule has 2 atom stereocenters. The van der Waals surface area contributed by atoms with Crippen molar-refractivity contribution in [1.82, 2.24) is 0 Å². The predicted octanol–water partition coefficient (Wildman–Crippen LogP) is 4.50. The maximum atomic E-state index is 4.15. The Balaban J connectivity index is 3.26. The maximum absolute atomic E-state index is 4.15. The molecule has 0 bridgehead atoms. The molecular formula is C14H22. The van der Waals surface area contributed by atoms with Gasteiger partial charge in [-0.3, -0.25) is 0 Å². The Morgan fingerprint density at radius 2 is 2.00 bits per heavy atom. The van der Waals surface area contributed by atoms with E-state index in [1.165, 1.54) is 11.1 Å².